The van der Waals surface area contributed by atoms with E-state index >= 15 is 0 Å². The molecular formula is C6H15NOPbS. The summed E-state index contributed by atoms with van der Waals surface area (Å²) in [5.41, 5.74) is 0. The first-order valence-corrected chi connectivity index (χ1v) is 3.65. The molecule has 0 saturated carbocycles. The van der Waals surface area contributed by atoms with Crippen LogP contribution in [0.2, 0.25) is 0 Å². The Kier molecular flexibility index (Phi) is 12.7. The number of nitrogens with one attached hydrogen (secondary N) is 1. The fourth-order valence-electron chi connectivity index (χ4n) is 0.570. The summed E-state index contributed by atoms with van der Waals surface area (Å²) in [4.78, 5) is 0. The van der Waals surface area contributed by atoms with Gasteiger partial charge in [-0.25, -0.2) is 0 Å². The summed E-state index contributed by atoms with van der Waals surface area (Å²) in [7, 11) is 0. The second kappa shape index (κ2) is 9.61. The first-order chi connectivity index (χ1) is 4.27. The normalized spacial score (nSPS) is 8.10. The maximum absolute atomic E-state index is 8.47. The van der Waals surface area contributed by atoms with Gasteiger partial charge < -0.3 is 10.4 Å². The summed E-state index contributed by atoms with van der Waals surface area (Å²) in [5, 5.41) is 11.0. The fourth-order valence-corrected chi connectivity index (χ4v) is 0.672. The predicted octanol–water partition coefficient (Wildman–Crippen LogP) is 0.693. The second-order valence-electron chi connectivity index (χ2n) is 1.94. The van der Waals surface area contributed by atoms with Crippen LogP contribution in [0.25, 0.3) is 0 Å². The molecule has 0 bridgehead atoms. The van der Waals surface area contributed by atoms with Gasteiger partial charge >= 0.3 is 27.3 Å². The molecule has 2 nitrogen and oxygen atoms in total. The van der Waals surface area contributed by atoms with Gasteiger partial charge in [0.1, 0.15) is 0 Å². The van der Waals surface area contributed by atoms with Crippen molar-refractivity contribution in [2.24, 2.45) is 0 Å². The van der Waals surface area contributed by atoms with E-state index in [1.54, 1.807) is 0 Å². The zero-order valence-corrected chi connectivity index (χ0v) is 12.7. The third-order valence-electron chi connectivity index (χ3n) is 1.06. The van der Waals surface area contributed by atoms with Crippen LogP contribution in [0.3, 0.4) is 0 Å². The van der Waals surface area contributed by atoms with E-state index in [1.165, 1.54) is 12.8 Å². The van der Waals surface area contributed by atoms with Crippen molar-refractivity contribution < 1.29 is 5.11 Å². The van der Waals surface area contributed by atoms with Gasteiger partial charge in [-0.15, -0.1) is 0 Å². The van der Waals surface area contributed by atoms with Crippen LogP contribution in [0.5, 0.6) is 0 Å². The number of aliphatic hydroxyl groups is 1. The van der Waals surface area contributed by atoms with Crippen molar-refractivity contribution in [1.29, 1.82) is 0 Å². The monoisotopic (exact) mass is 357 g/mol. The van der Waals surface area contributed by atoms with Crippen LogP contribution in [0.1, 0.15) is 26.2 Å². The Morgan fingerprint density at radius 1 is 1.50 bits per heavy atom. The summed E-state index contributed by atoms with van der Waals surface area (Å²) in [6.07, 6.45) is 3.46. The van der Waals surface area contributed by atoms with E-state index in [0.717, 1.165) is 13.0 Å². The molecule has 0 unspecified atom stereocenters. The van der Waals surface area contributed by atoms with Gasteiger partial charge in [-0.3, -0.25) is 0 Å². The van der Waals surface area contributed by atoms with Crippen molar-refractivity contribution in [3.05, 3.63) is 0 Å². The Morgan fingerprint density at radius 2 is 2.10 bits per heavy atom. The third-order valence-corrected chi connectivity index (χ3v) is 1.20. The van der Waals surface area contributed by atoms with Crippen molar-refractivity contribution in [1.82, 2.24) is 5.32 Å². The molecule has 0 spiro atoms. The van der Waals surface area contributed by atoms with Crippen molar-refractivity contribution >= 4 is 44.7 Å². The molecule has 0 aromatic carbocycles. The molecule has 0 rings (SSSR count). The van der Waals surface area contributed by atoms with Gasteiger partial charge in [0.15, 0.2) is 0 Å². The minimum atomic E-state index is -0.0916. The topological polar surface area (TPSA) is 32.3 Å². The molecule has 0 aliphatic carbocycles. The standard InChI is InChI=1S/C6H13NOS.Pb.2H/c1-2-3-4-5-7-6(8)9;;;/h2-5H2,1H3,(H2,7,8,9);;;. The molecule has 0 aliphatic heterocycles. The molecule has 2 N–H and O–H groups in total. The molecule has 0 aromatic rings. The van der Waals surface area contributed by atoms with Crippen LogP contribution in [0.4, 0.5) is 0 Å². The van der Waals surface area contributed by atoms with E-state index < -0.39 is 0 Å². The van der Waals surface area contributed by atoms with Crippen LogP contribution in [0.15, 0.2) is 0 Å². The Morgan fingerprint density at radius 3 is 2.50 bits per heavy atom. The van der Waals surface area contributed by atoms with Crippen molar-refractivity contribution in [3.8, 4) is 0 Å². The van der Waals surface area contributed by atoms with Crippen LogP contribution in [-0.2, 0) is 0 Å². The van der Waals surface area contributed by atoms with Crippen LogP contribution in [-0.4, -0.2) is 44.1 Å². The molecule has 0 aliphatic rings. The van der Waals surface area contributed by atoms with Gasteiger partial charge in [0.05, 0.1) is 0 Å². The summed E-state index contributed by atoms with van der Waals surface area (Å²) < 4.78 is 0. The zero-order chi connectivity index (χ0) is 7.11. The number of rotatable bonds is 4. The van der Waals surface area contributed by atoms with E-state index in [-0.39, 0.29) is 32.5 Å². The number of hydrogen-bond acceptors (Lipinski definition) is 1. The Bertz CT molecular complexity index is 89.8. The SMILES string of the molecule is CCCCCNC(O)=S.[PbH2]. The number of aliphatic hydroxyl groups excluding tert-OH is 1. The summed E-state index contributed by atoms with van der Waals surface area (Å²) in [6.45, 7) is 2.93. The van der Waals surface area contributed by atoms with Gasteiger partial charge in [0.2, 0.25) is 0 Å². The van der Waals surface area contributed by atoms with E-state index in [2.05, 4.69) is 24.5 Å². The average molecular weight is 356 g/mol. The van der Waals surface area contributed by atoms with Crippen LogP contribution in [0, 0.1) is 0 Å². The predicted molar refractivity (Wildman–Crippen MR) is 51.3 cm³/mol. The van der Waals surface area contributed by atoms with E-state index in [9.17, 15) is 0 Å². The molecule has 0 heterocycles. The number of unbranched alkanes of at least 4 members (excludes halogenated alkanes) is 2. The van der Waals surface area contributed by atoms with Crippen molar-refractivity contribution in [2.45, 2.75) is 26.2 Å². The Balaban J connectivity index is 0. The summed E-state index contributed by atoms with van der Waals surface area (Å²) in [5.74, 6) is 0. The number of thiocarbonyl (C=S) groups is 1. The molecule has 0 saturated heterocycles. The third kappa shape index (κ3) is 11.4. The molecule has 4 heteroatoms. The molecule has 0 aromatic heterocycles. The summed E-state index contributed by atoms with van der Waals surface area (Å²) >= 11 is 4.39. The maximum atomic E-state index is 8.47. The molecule has 0 fully saturated rings. The van der Waals surface area contributed by atoms with Gasteiger partial charge in [0.25, 0.3) is 5.17 Å². The Labute approximate surface area is 87.5 Å². The summed E-state index contributed by atoms with van der Waals surface area (Å²) in [6, 6.07) is 0. The molecule has 2 radical (unpaired) electrons. The quantitative estimate of drug-likeness (QED) is 0.442. The Hall–Kier alpha value is 0.612. The van der Waals surface area contributed by atoms with Gasteiger partial charge in [-0.1, -0.05) is 19.8 Å². The van der Waals surface area contributed by atoms with E-state index in [4.69, 9.17) is 5.11 Å². The van der Waals surface area contributed by atoms with Gasteiger partial charge in [-0.2, -0.15) is 0 Å². The van der Waals surface area contributed by atoms with Crippen molar-refractivity contribution in [3.63, 3.8) is 0 Å². The number of hydrogen-bond donors (Lipinski definition) is 2. The van der Waals surface area contributed by atoms with Crippen LogP contribution >= 0.6 is 12.2 Å². The zero-order valence-electron chi connectivity index (χ0n) is 6.39. The van der Waals surface area contributed by atoms with Gasteiger partial charge in [-0.05, 0) is 18.6 Å². The molecule has 0 atom stereocenters. The first kappa shape index (κ1) is 13.2. The van der Waals surface area contributed by atoms with Crippen molar-refractivity contribution in [2.75, 3.05) is 6.54 Å². The fraction of sp³-hybridized carbons (Fsp3) is 0.833. The molecule has 60 valence electrons. The molecule has 0 amide bonds. The molecule has 10 heavy (non-hydrogen) atoms. The average Bonchev–Trinajstić information content (AvgIpc) is 1.80. The second-order valence-corrected chi connectivity index (χ2v) is 2.33. The minimum absolute atomic E-state index is 0. The van der Waals surface area contributed by atoms with E-state index in [1.807, 2.05) is 0 Å². The van der Waals surface area contributed by atoms with Crippen LogP contribution < -0.4 is 5.32 Å². The van der Waals surface area contributed by atoms with E-state index in [0.29, 0.717) is 0 Å². The molecular weight excluding hydrogens is 341 g/mol. The van der Waals surface area contributed by atoms with Gasteiger partial charge in [0, 0.05) is 6.54 Å². The first-order valence-electron chi connectivity index (χ1n) is 3.24.